The molecule has 1 heterocycles. The maximum absolute atomic E-state index is 11.6. The Labute approximate surface area is 103 Å². The van der Waals surface area contributed by atoms with E-state index in [0.717, 1.165) is 19.3 Å². The van der Waals surface area contributed by atoms with Crippen molar-refractivity contribution in [3.63, 3.8) is 0 Å². The predicted molar refractivity (Wildman–Crippen MR) is 65.3 cm³/mol. The molecule has 2 fully saturated rings. The Hall–Kier alpha value is -0.830. The first kappa shape index (κ1) is 12.6. The highest BCUT2D eigenvalue weighted by atomic mass is 16.6. The van der Waals surface area contributed by atoms with Crippen LogP contribution >= 0.6 is 0 Å². The fourth-order valence-electron chi connectivity index (χ4n) is 2.93. The summed E-state index contributed by atoms with van der Waals surface area (Å²) in [6, 6.07) is 0. The quantitative estimate of drug-likeness (QED) is 0.604. The molecule has 1 saturated carbocycles. The number of carbonyl (C=O) groups excluding carboxylic acids is 1. The van der Waals surface area contributed by atoms with Crippen LogP contribution in [-0.2, 0) is 9.53 Å². The first-order valence-electron chi connectivity index (χ1n) is 6.46. The van der Waals surface area contributed by atoms with Crippen molar-refractivity contribution in [2.24, 2.45) is 17.8 Å². The Morgan fingerprint density at radius 3 is 2.59 bits per heavy atom. The van der Waals surface area contributed by atoms with Gasteiger partial charge in [-0.25, -0.2) is 4.79 Å². The molecule has 1 aliphatic heterocycles. The highest BCUT2D eigenvalue weighted by molar-refractivity contribution is 5.91. The molecule has 2 rings (SSSR count). The van der Waals surface area contributed by atoms with Crippen molar-refractivity contribution < 1.29 is 14.6 Å². The molecule has 1 aliphatic carbocycles. The molecule has 96 valence electrons. The van der Waals surface area contributed by atoms with Gasteiger partial charge in [-0.3, -0.25) is 0 Å². The number of hydrogen-bond acceptors (Lipinski definition) is 3. The second-order valence-electron chi connectivity index (χ2n) is 6.08. The van der Waals surface area contributed by atoms with E-state index in [1.165, 1.54) is 0 Å². The second kappa shape index (κ2) is 4.13. The van der Waals surface area contributed by atoms with Gasteiger partial charge in [0.1, 0.15) is 6.10 Å². The fourth-order valence-corrected chi connectivity index (χ4v) is 2.93. The van der Waals surface area contributed by atoms with Crippen molar-refractivity contribution in [3.8, 4) is 0 Å². The maximum atomic E-state index is 11.6. The Morgan fingerprint density at radius 2 is 2.12 bits per heavy atom. The highest BCUT2D eigenvalue weighted by Gasteiger charge is 2.54. The van der Waals surface area contributed by atoms with E-state index in [2.05, 4.69) is 20.4 Å². The van der Waals surface area contributed by atoms with Gasteiger partial charge in [0, 0.05) is 5.57 Å². The Morgan fingerprint density at radius 1 is 1.53 bits per heavy atom. The topological polar surface area (TPSA) is 46.5 Å². The zero-order valence-electron chi connectivity index (χ0n) is 10.9. The summed E-state index contributed by atoms with van der Waals surface area (Å²) in [5, 5.41) is 10.6. The Balaban J connectivity index is 2.20. The predicted octanol–water partition coefficient (Wildman–Crippen LogP) is 2.29. The summed E-state index contributed by atoms with van der Waals surface area (Å²) in [5.41, 5.74) is -0.393. The van der Waals surface area contributed by atoms with Crippen molar-refractivity contribution in [1.29, 1.82) is 0 Å². The summed E-state index contributed by atoms with van der Waals surface area (Å²) in [5.74, 6) is 0.177. The van der Waals surface area contributed by atoms with Crippen molar-refractivity contribution >= 4 is 5.97 Å². The van der Waals surface area contributed by atoms with Crippen molar-refractivity contribution in [2.45, 2.75) is 51.7 Å². The molecule has 3 heteroatoms. The minimum absolute atomic E-state index is 0.203. The van der Waals surface area contributed by atoms with E-state index < -0.39 is 5.60 Å². The molecule has 0 aromatic carbocycles. The minimum Gasteiger partial charge on any atom is -0.458 e. The third-order valence-electron chi connectivity index (χ3n) is 4.01. The monoisotopic (exact) mass is 238 g/mol. The van der Waals surface area contributed by atoms with E-state index in [0.29, 0.717) is 17.4 Å². The van der Waals surface area contributed by atoms with Gasteiger partial charge in [0.05, 0.1) is 11.5 Å². The zero-order valence-corrected chi connectivity index (χ0v) is 10.9. The number of cyclic esters (lactones) is 1. The molecule has 0 unspecified atom stereocenters. The van der Waals surface area contributed by atoms with Crippen LogP contribution in [0.4, 0.5) is 0 Å². The molecule has 0 spiro atoms. The van der Waals surface area contributed by atoms with Crippen LogP contribution in [0.25, 0.3) is 0 Å². The van der Waals surface area contributed by atoms with Crippen molar-refractivity contribution in [1.82, 2.24) is 0 Å². The zero-order chi connectivity index (χ0) is 12.8. The normalized spacial score (nSPS) is 32.8. The van der Waals surface area contributed by atoms with Gasteiger partial charge in [-0.15, -0.1) is 0 Å². The summed E-state index contributed by atoms with van der Waals surface area (Å²) in [6.45, 7) is 9.84. The molecule has 2 aliphatic rings. The maximum Gasteiger partial charge on any atom is 0.334 e. The smallest absolute Gasteiger partial charge is 0.334 e. The summed E-state index contributed by atoms with van der Waals surface area (Å²) in [7, 11) is 0. The van der Waals surface area contributed by atoms with Crippen LogP contribution in [0, 0.1) is 17.8 Å². The third-order valence-corrected chi connectivity index (χ3v) is 4.01. The van der Waals surface area contributed by atoms with Crippen molar-refractivity contribution in [2.75, 3.05) is 0 Å². The molecule has 0 aromatic rings. The van der Waals surface area contributed by atoms with Gasteiger partial charge in [-0.05, 0) is 38.0 Å². The number of esters is 1. The number of aliphatic hydroxyl groups is 1. The lowest BCUT2D eigenvalue weighted by Crippen LogP contribution is -2.42. The number of hydrogen-bond donors (Lipinski definition) is 1. The Bertz CT molecular complexity index is 339. The van der Waals surface area contributed by atoms with E-state index in [9.17, 15) is 9.90 Å². The molecule has 3 nitrogen and oxygen atoms in total. The van der Waals surface area contributed by atoms with E-state index in [-0.39, 0.29) is 18.0 Å². The van der Waals surface area contributed by atoms with Crippen LogP contribution in [0.2, 0.25) is 0 Å². The standard InChI is InChI=1S/C14H22O3/c1-8(2)7-11-12(9(3)13(15)17-11)14(4,16)10-5-6-10/h8,10-12,16H,3,5-7H2,1-2,4H3/t11-,12+,14+/m0/s1. The van der Waals surface area contributed by atoms with Crippen LogP contribution in [0.15, 0.2) is 12.2 Å². The molecule has 17 heavy (non-hydrogen) atoms. The van der Waals surface area contributed by atoms with Gasteiger partial charge >= 0.3 is 5.97 Å². The van der Waals surface area contributed by atoms with Gasteiger partial charge in [-0.2, -0.15) is 0 Å². The third kappa shape index (κ3) is 2.25. The molecule has 3 atom stereocenters. The molecular formula is C14H22O3. The van der Waals surface area contributed by atoms with E-state index in [4.69, 9.17) is 4.74 Å². The highest BCUT2D eigenvalue weighted by Crippen LogP contribution is 2.49. The largest absolute Gasteiger partial charge is 0.458 e. The molecule has 0 radical (unpaired) electrons. The van der Waals surface area contributed by atoms with Crippen LogP contribution < -0.4 is 0 Å². The van der Waals surface area contributed by atoms with Crippen LogP contribution in [0.3, 0.4) is 0 Å². The number of rotatable bonds is 4. The summed E-state index contributed by atoms with van der Waals surface area (Å²) in [4.78, 5) is 11.6. The fraction of sp³-hybridized carbons (Fsp3) is 0.786. The van der Waals surface area contributed by atoms with E-state index in [1.54, 1.807) is 0 Å². The van der Waals surface area contributed by atoms with Crippen LogP contribution in [-0.4, -0.2) is 22.8 Å². The van der Waals surface area contributed by atoms with Gasteiger partial charge < -0.3 is 9.84 Å². The first-order valence-corrected chi connectivity index (χ1v) is 6.46. The average molecular weight is 238 g/mol. The minimum atomic E-state index is -0.844. The molecule has 1 saturated heterocycles. The summed E-state index contributed by atoms with van der Waals surface area (Å²) in [6.07, 6.45) is 2.67. The van der Waals surface area contributed by atoms with E-state index >= 15 is 0 Å². The lowest BCUT2D eigenvalue weighted by Gasteiger charge is -2.33. The molecule has 0 bridgehead atoms. The first-order chi connectivity index (χ1) is 7.84. The lowest BCUT2D eigenvalue weighted by molar-refractivity contribution is -0.141. The molecule has 0 amide bonds. The van der Waals surface area contributed by atoms with Crippen molar-refractivity contribution in [3.05, 3.63) is 12.2 Å². The van der Waals surface area contributed by atoms with Crippen LogP contribution in [0.5, 0.6) is 0 Å². The van der Waals surface area contributed by atoms with Gasteiger partial charge in [0.2, 0.25) is 0 Å². The molecule has 1 N–H and O–H groups in total. The SMILES string of the molecule is C=C1C(=O)O[C@@H](CC(C)C)[C@@H]1[C@](C)(O)C1CC1. The lowest BCUT2D eigenvalue weighted by atomic mass is 9.76. The van der Waals surface area contributed by atoms with Gasteiger partial charge in [0.15, 0.2) is 0 Å². The second-order valence-corrected chi connectivity index (χ2v) is 6.08. The van der Waals surface area contributed by atoms with Crippen LogP contribution in [0.1, 0.15) is 40.0 Å². The molecule has 0 aromatic heterocycles. The number of ether oxygens (including phenoxy) is 1. The summed E-state index contributed by atoms with van der Waals surface area (Å²) < 4.78 is 5.36. The Kier molecular flexibility index (Phi) is 3.06. The molecular weight excluding hydrogens is 216 g/mol. The average Bonchev–Trinajstić information content (AvgIpc) is 2.95. The van der Waals surface area contributed by atoms with Gasteiger partial charge in [-0.1, -0.05) is 20.4 Å². The summed E-state index contributed by atoms with van der Waals surface area (Å²) >= 11 is 0. The van der Waals surface area contributed by atoms with E-state index in [1.807, 2.05) is 6.92 Å². The number of carbonyl (C=O) groups is 1. The van der Waals surface area contributed by atoms with Gasteiger partial charge in [0.25, 0.3) is 0 Å².